The molecule has 28 heavy (non-hydrogen) atoms. The number of benzene rings is 3. The third-order valence-electron chi connectivity index (χ3n) is 5.01. The molecular formula is C23H22N2O3. The Labute approximate surface area is 164 Å². The minimum atomic E-state index is -0.402. The van der Waals surface area contributed by atoms with Crippen molar-refractivity contribution in [2.45, 2.75) is 19.6 Å². The fourth-order valence-corrected chi connectivity index (χ4v) is 3.49. The van der Waals surface area contributed by atoms with Crippen LogP contribution in [0.3, 0.4) is 0 Å². The third kappa shape index (κ3) is 3.27. The van der Waals surface area contributed by atoms with E-state index < -0.39 is 6.17 Å². The summed E-state index contributed by atoms with van der Waals surface area (Å²) in [5, 5.41) is 13.7. The zero-order valence-corrected chi connectivity index (χ0v) is 15.8. The van der Waals surface area contributed by atoms with Crippen molar-refractivity contribution in [3.63, 3.8) is 0 Å². The number of methoxy groups -OCH3 is 1. The first-order valence-electron chi connectivity index (χ1n) is 9.16. The molecule has 0 fully saturated rings. The van der Waals surface area contributed by atoms with Crippen molar-refractivity contribution in [2.24, 2.45) is 0 Å². The molecule has 0 spiro atoms. The van der Waals surface area contributed by atoms with Crippen LogP contribution in [0, 0.1) is 6.92 Å². The molecule has 3 aromatic carbocycles. The van der Waals surface area contributed by atoms with E-state index in [2.05, 4.69) is 5.32 Å². The van der Waals surface area contributed by atoms with Crippen LogP contribution in [-0.4, -0.2) is 23.0 Å². The van der Waals surface area contributed by atoms with Gasteiger partial charge in [-0.3, -0.25) is 4.79 Å². The fourth-order valence-electron chi connectivity index (χ4n) is 3.49. The summed E-state index contributed by atoms with van der Waals surface area (Å²) in [6.45, 7) is 2.49. The number of para-hydroxylation sites is 1. The van der Waals surface area contributed by atoms with Gasteiger partial charge in [-0.15, -0.1) is 0 Å². The highest BCUT2D eigenvalue weighted by Gasteiger charge is 2.33. The van der Waals surface area contributed by atoms with Gasteiger partial charge in [-0.25, -0.2) is 0 Å². The molecule has 5 nitrogen and oxygen atoms in total. The quantitative estimate of drug-likeness (QED) is 0.707. The van der Waals surface area contributed by atoms with Crippen LogP contribution in [0.4, 0.5) is 5.69 Å². The summed E-state index contributed by atoms with van der Waals surface area (Å²) >= 11 is 0. The van der Waals surface area contributed by atoms with Crippen LogP contribution in [0.2, 0.25) is 0 Å². The molecule has 1 amide bonds. The fraction of sp³-hybridized carbons (Fsp3) is 0.174. The number of carbonyl (C=O) groups excluding carboxylic acids is 1. The van der Waals surface area contributed by atoms with Crippen LogP contribution < -0.4 is 10.1 Å². The summed E-state index contributed by atoms with van der Waals surface area (Å²) in [4.78, 5) is 15.1. The van der Waals surface area contributed by atoms with Crippen LogP contribution in [0.15, 0.2) is 66.7 Å². The van der Waals surface area contributed by atoms with Crippen molar-refractivity contribution in [3.8, 4) is 11.5 Å². The first kappa shape index (κ1) is 17.9. The summed E-state index contributed by atoms with van der Waals surface area (Å²) in [7, 11) is 1.51. The van der Waals surface area contributed by atoms with Crippen molar-refractivity contribution >= 4 is 11.6 Å². The normalized spacial score (nSPS) is 15.7. The van der Waals surface area contributed by atoms with Crippen LogP contribution in [0.5, 0.6) is 11.5 Å². The number of carbonyl (C=O) groups is 1. The standard InChI is InChI=1S/C23H22N2O3/c1-15-7-9-16(10-8-15)14-25-22(17-11-12-21(28-2)20(26)13-17)24-19-6-4-3-5-18(19)23(25)27/h3-13,22,24,26H,14H2,1-2H3/t22-/m1/s1. The molecule has 0 aromatic heterocycles. The van der Waals surface area contributed by atoms with E-state index in [0.29, 0.717) is 17.9 Å². The molecule has 1 aliphatic rings. The van der Waals surface area contributed by atoms with E-state index in [-0.39, 0.29) is 11.7 Å². The summed E-state index contributed by atoms with van der Waals surface area (Å²) in [6, 6.07) is 20.8. The van der Waals surface area contributed by atoms with E-state index in [9.17, 15) is 9.90 Å². The molecule has 2 N–H and O–H groups in total. The minimum absolute atomic E-state index is 0.0448. The molecule has 3 aromatic rings. The first-order valence-corrected chi connectivity index (χ1v) is 9.16. The van der Waals surface area contributed by atoms with Crippen molar-refractivity contribution in [1.29, 1.82) is 0 Å². The zero-order chi connectivity index (χ0) is 19.7. The van der Waals surface area contributed by atoms with Crippen molar-refractivity contribution in [3.05, 3.63) is 89.0 Å². The van der Waals surface area contributed by atoms with E-state index >= 15 is 0 Å². The van der Waals surface area contributed by atoms with E-state index in [1.165, 1.54) is 12.7 Å². The molecule has 0 bridgehead atoms. The SMILES string of the molecule is COc1ccc([C@@H]2Nc3ccccc3C(=O)N2Cc2ccc(C)cc2)cc1O. The second-order valence-corrected chi connectivity index (χ2v) is 6.94. The van der Waals surface area contributed by atoms with Crippen LogP contribution in [0.1, 0.15) is 33.2 Å². The number of rotatable bonds is 4. The topological polar surface area (TPSA) is 61.8 Å². The van der Waals surface area contributed by atoms with E-state index in [4.69, 9.17) is 4.74 Å². The van der Waals surface area contributed by atoms with Gasteiger partial charge in [-0.2, -0.15) is 0 Å². The van der Waals surface area contributed by atoms with Gasteiger partial charge < -0.3 is 20.1 Å². The lowest BCUT2D eigenvalue weighted by Crippen LogP contribution is -2.42. The third-order valence-corrected chi connectivity index (χ3v) is 5.01. The smallest absolute Gasteiger partial charge is 0.258 e. The maximum absolute atomic E-state index is 13.3. The van der Waals surface area contributed by atoms with Crippen LogP contribution >= 0.6 is 0 Å². The molecule has 0 radical (unpaired) electrons. The van der Waals surface area contributed by atoms with Crippen LogP contribution in [-0.2, 0) is 6.54 Å². The second kappa shape index (κ2) is 7.27. The molecule has 1 atom stereocenters. The number of phenolic OH excluding ortho intramolecular Hbond substituents is 1. The Morgan fingerprint density at radius 2 is 1.82 bits per heavy atom. The summed E-state index contributed by atoms with van der Waals surface area (Å²) in [5.74, 6) is 0.398. The lowest BCUT2D eigenvalue weighted by molar-refractivity contribution is 0.0666. The zero-order valence-electron chi connectivity index (χ0n) is 15.8. The van der Waals surface area contributed by atoms with Crippen molar-refractivity contribution in [2.75, 3.05) is 12.4 Å². The molecule has 1 aliphatic heterocycles. The molecular weight excluding hydrogens is 352 g/mol. The van der Waals surface area contributed by atoms with Gasteiger partial charge >= 0.3 is 0 Å². The van der Waals surface area contributed by atoms with Gasteiger partial charge in [-0.1, -0.05) is 48.0 Å². The van der Waals surface area contributed by atoms with Crippen molar-refractivity contribution < 1.29 is 14.6 Å². The first-order chi connectivity index (χ1) is 13.6. The van der Waals surface area contributed by atoms with E-state index in [1.807, 2.05) is 61.5 Å². The Bertz CT molecular complexity index is 1010. The van der Waals surface area contributed by atoms with Crippen LogP contribution in [0.25, 0.3) is 0 Å². The minimum Gasteiger partial charge on any atom is -0.504 e. The predicted octanol–water partition coefficient (Wildman–Crippen LogP) is 4.48. The number of fused-ring (bicyclic) bond motifs is 1. The van der Waals surface area contributed by atoms with Gasteiger partial charge in [0.1, 0.15) is 6.17 Å². The second-order valence-electron chi connectivity index (χ2n) is 6.94. The number of aromatic hydroxyl groups is 1. The Morgan fingerprint density at radius 3 is 2.54 bits per heavy atom. The number of hydrogen-bond acceptors (Lipinski definition) is 4. The molecule has 4 rings (SSSR count). The molecule has 5 heteroatoms. The average Bonchev–Trinajstić information content (AvgIpc) is 2.71. The predicted molar refractivity (Wildman–Crippen MR) is 109 cm³/mol. The number of hydrogen-bond donors (Lipinski definition) is 2. The van der Waals surface area contributed by atoms with E-state index in [1.54, 1.807) is 17.0 Å². The Kier molecular flexibility index (Phi) is 4.65. The summed E-state index contributed by atoms with van der Waals surface area (Å²) < 4.78 is 5.15. The maximum Gasteiger partial charge on any atom is 0.258 e. The monoisotopic (exact) mass is 374 g/mol. The van der Waals surface area contributed by atoms with Crippen molar-refractivity contribution in [1.82, 2.24) is 4.90 Å². The summed E-state index contributed by atoms with van der Waals surface area (Å²) in [5.41, 5.74) is 4.43. The largest absolute Gasteiger partial charge is 0.504 e. The van der Waals surface area contributed by atoms with Gasteiger partial charge in [0.2, 0.25) is 0 Å². The molecule has 142 valence electrons. The highest BCUT2D eigenvalue weighted by Crippen LogP contribution is 2.37. The molecule has 0 saturated heterocycles. The Hall–Kier alpha value is -3.47. The number of aryl methyl sites for hydroxylation is 1. The van der Waals surface area contributed by atoms with Gasteiger partial charge in [0.15, 0.2) is 11.5 Å². The highest BCUT2D eigenvalue weighted by atomic mass is 16.5. The summed E-state index contributed by atoms with van der Waals surface area (Å²) in [6.07, 6.45) is -0.402. The number of ether oxygens (including phenoxy) is 1. The van der Waals surface area contributed by atoms with E-state index in [0.717, 1.165) is 16.8 Å². The molecule has 0 unspecified atom stereocenters. The number of nitrogens with one attached hydrogen (secondary N) is 1. The van der Waals surface area contributed by atoms with Gasteiger partial charge in [-0.05, 0) is 42.3 Å². The van der Waals surface area contributed by atoms with Gasteiger partial charge in [0.05, 0.1) is 12.7 Å². The van der Waals surface area contributed by atoms with Gasteiger partial charge in [0, 0.05) is 12.2 Å². The molecule has 0 saturated carbocycles. The lowest BCUT2D eigenvalue weighted by atomic mass is 10.0. The highest BCUT2D eigenvalue weighted by molar-refractivity contribution is 6.01. The number of anilines is 1. The number of phenols is 1. The number of nitrogens with zero attached hydrogens (tertiary/aromatic N) is 1. The molecule has 0 aliphatic carbocycles. The number of amides is 1. The maximum atomic E-state index is 13.3. The Balaban J connectivity index is 1.75. The lowest BCUT2D eigenvalue weighted by Gasteiger charge is -2.38. The molecule has 1 heterocycles. The Morgan fingerprint density at radius 1 is 1.07 bits per heavy atom. The average molecular weight is 374 g/mol. The van der Waals surface area contributed by atoms with Gasteiger partial charge in [0.25, 0.3) is 5.91 Å².